The first-order chi connectivity index (χ1) is 9.18. The Balaban J connectivity index is 2.11. The smallest absolute Gasteiger partial charge is 0.103 e. The molecule has 1 unspecified atom stereocenters. The van der Waals surface area contributed by atoms with E-state index in [2.05, 4.69) is 53.4 Å². The van der Waals surface area contributed by atoms with Gasteiger partial charge in [0.1, 0.15) is 6.10 Å². The molecule has 0 aromatic heterocycles. The number of benzene rings is 2. The van der Waals surface area contributed by atoms with Crippen molar-refractivity contribution in [1.82, 2.24) is 0 Å². The molecular formula is C17H17IO. The monoisotopic (exact) mass is 364 g/mol. The average molecular weight is 364 g/mol. The molecule has 0 N–H and O–H groups in total. The second kappa shape index (κ2) is 6.87. The second-order valence-corrected chi connectivity index (χ2v) is 5.70. The number of hydrogen-bond acceptors (Lipinski definition) is 1. The highest BCUT2D eigenvalue weighted by Gasteiger charge is 2.13. The van der Waals surface area contributed by atoms with Crippen molar-refractivity contribution in [3.8, 4) is 0 Å². The number of hydrogen-bond donors (Lipinski definition) is 0. The molecule has 0 fully saturated rings. The van der Waals surface area contributed by atoms with Crippen LogP contribution in [0.2, 0.25) is 0 Å². The fraction of sp³-hybridized carbons (Fsp3) is 0.176. The summed E-state index contributed by atoms with van der Waals surface area (Å²) in [5, 5.41) is 0. The molecule has 1 nitrogen and oxygen atoms in total. The van der Waals surface area contributed by atoms with E-state index in [1.54, 1.807) is 0 Å². The van der Waals surface area contributed by atoms with Crippen LogP contribution < -0.4 is 0 Å². The summed E-state index contributed by atoms with van der Waals surface area (Å²) in [5.74, 6) is 0. The third kappa shape index (κ3) is 3.91. The van der Waals surface area contributed by atoms with Gasteiger partial charge in [-0.3, -0.25) is 0 Å². The van der Waals surface area contributed by atoms with Crippen molar-refractivity contribution < 1.29 is 4.74 Å². The summed E-state index contributed by atoms with van der Waals surface area (Å²) in [5.41, 5.74) is 3.39. The minimum atomic E-state index is -0.0443. The minimum absolute atomic E-state index is 0.0443. The van der Waals surface area contributed by atoms with Crippen molar-refractivity contribution in [2.75, 3.05) is 0 Å². The largest absolute Gasteiger partial charge is 0.364 e. The van der Waals surface area contributed by atoms with Crippen molar-refractivity contribution in [3.05, 3.63) is 81.4 Å². The molecule has 0 spiro atoms. The molecule has 0 aliphatic carbocycles. The van der Waals surface area contributed by atoms with Gasteiger partial charge in [-0.25, -0.2) is 0 Å². The van der Waals surface area contributed by atoms with Gasteiger partial charge in [0, 0.05) is 3.57 Å². The molecule has 0 aliphatic rings. The molecule has 2 aromatic carbocycles. The van der Waals surface area contributed by atoms with Crippen LogP contribution in [0, 0.1) is 3.57 Å². The van der Waals surface area contributed by atoms with Gasteiger partial charge in [0.25, 0.3) is 0 Å². The Morgan fingerprint density at radius 3 is 2.37 bits per heavy atom. The highest BCUT2D eigenvalue weighted by Crippen LogP contribution is 2.26. The third-order valence-electron chi connectivity index (χ3n) is 2.91. The Morgan fingerprint density at radius 2 is 1.74 bits per heavy atom. The first-order valence-electron chi connectivity index (χ1n) is 6.24. The zero-order valence-electron chi connectivity index (χ0n) is 11.0. The molecule has 0 heterocycles. The molecule has 0 amide bonds. The van der Waals surface area contributed by atoms with Crippen molar-refractivity contribution in [2.45, 2.75) is 19.6 Å². The highest BCUT2D eigenvalue weighted by molar-refractivity contribution is 14.1. The Kier molecular flexibility index (Phi) is 5.16. The van der Waals surface area contributed by atoms with E-state index in [0.717, 1.165) is 11.1 Å². The van der Waals surface area contributed by atoms with Crippen LogP contribution >= 0.6 is 22.6 Å². The van der Waals surface area contributed by atoms with E-state index < -0.39 is 0 Å². The summed E-state index contributed by atoms with van der Waals surface area (Å²) in [6.45, 7) is 6.65. The van der Waals surface area contributed by atoms with Gasteiger partial charge < -0.3 is 4.74 Å². The van der Waals surface area contributed by atoms with Crippen LogP contribution in [0.25, 0.3) is 0 Å². The first-order valence-corrected chi connectivity index (χ1v) is 7.31. The van der Waals surface area contributed by atoms with Crippen LogP contribution in [0.1, 0.15) is 24.2 Å². The van der Waals surface area contributed by atoms with Crippen LogP contribution in [-0.2, 0) is 11.3 Å². The van der Waals surface area contributed by atoms with Gasteiger partial charge in [-0.05, 0) is 52.3 Å². The summed E-state index contributed by atoms with van der Waals surface area (Å²) in [4.78, 5) is 0. The van der Waals surface area contributed by atoms with Crippen LogP contribution in [0.4, 0.5) is 0 Å². The molecule has 98 valence electrons. The summed E-state index contributed by atoms with van der Waals surface area (Å²) in [6.07, 6.45) is -0.0443. The summed E-state index contributed by atoms with van der Waals surface area (Å²) in [7, 11) is 0. The van der Waals surface area contributed by atoms with Crippen molar-refractivity contribution >= 4 is 22.6 Å². The molecule has 2 rings (SSSR count). The highest BCUT2D eigenvalue weighted by atomic mass is 127. The molecular weight excluding hydrogens is 347 g/mol. The van der Waals surface area contributed by atoms with E-state index in [-0.39, 0.29) is 6.10 Å². The molecule has 0 radical (unpaired) electrons. The lowest BCUT2D eigenvalue weighted by Gasteiger charge is -2.19. The van der Waals surface area contributed by atoms with Crippen LogP contribution in [0.5, 0.6) is 0 Å². The maximum atomic E-state index is 6.05. The quantitative estimate of drug-likeness (QED) is 0.528. The molecule has 0 saturated carbocycles. The number of rotatable bonds is 5. The summed E-state index contributed by atoms with van der Waals surface area (Å²) >= 11 is 2.34. The SMILES string of the molecule is C=C(C)C(OCc1ccccc1I)c1ccccc1. The predicted octanol–water partition coefficient (Wildman–Crippen LogP) is 5.13. The van der Waals surface area contributed by atoms with E-state index in [1.165, 1.54) is 9.13 Å². The molecule has 1 atom stereocenters. The van der Waals surface area contributed by atoms with Gasteiger partial charge in [-0.15, -0.1) is 0 Å². The van der Waals surface area contributed by atoms with Gasteiger partial charge in [-0.2, -0.15) is 0 Å². The van der Waals surface area contributed by atoms with Gasteiger partial charge >= 0.3 is 0 Å². The Labute approximate surface area is 128 Å². The molecule has 2 aromatic rings. The van der Waals surface area contributed by atoms with Crippen molar-refractivity contribution in [1.29, 1.82) is 0 Å². The molecule has 2 heteroatoms. The predicted molar refractivity (Wildman–Crippen MR) is 87.9 cm³/mol. The summed E-state index contributed by atoms with van der Waals surface area (Å²) < 4.78 is 7.28. The lowest BCUT2D eigenvalue weighted by Crippen LogP contribution is -2.06. The zero-order valence-corrected chi connectivity index (χ0v) is 13.1. The average Bonchev–Trinajstić information content (AvgIpc) is 2.42. The fourth-order valence-electron chi connectivity index (χ4n) is 1.94. The lowest BCUT2D eigenvalue weighted by molar-refractivity contribution is 0.0640. The van der Waals surface area contributed by atoms with Crippen LogP contribution in [0.3, 0.4) is 0 Å². The number of halogens is 1. The second-order valence-electron chi connectivity index (χ2n) is 4.54. The Bertz CT molecular complexity index is 548. The normalized spacial score (nSPS) is 12.1. The molecule has 19 heavy (non-hydrogen) atoms. The topological polar surface area (TPSA) is 9.23 Å². The van der Waals surface area contributed by atoms with E-state index >= 15 is 0 Å². The van der Waals surface area contributed by atoms with Crippen LogP contribution in [-0.4, -0.2) is 0 Å². The van der Waals surface area contributed by atoms with Gasteiger partial charge in [0.2, 0.25) is 0 Å². The summed E-state index contributed by atoms with van der Waals surface area (Å²) in [6, 6.07) is 18.5. The zero-order chi connectivity index (χ0) is 13.7. The maximum absolute atomic E-state index is 6.05. The van der Waals surface area contributed by atoms with Gasteiger partial charge in [0.15, 0.2) is 0 Å². The van der Waals surface area contributed by atoms with E-state index in [9.17, 15) is 0 Å². The molecule has 0 saturated heterocycles. The third-order valence-corrected chi connectivity index (χ3v) is 3.97. The fourth-order valence-corrected chi connectivity index (χ4v) is 2.48. The Morgan fingerprint density at radius 1 is 1.11 bits per heavy atom. The maximum Gasteiger partial charge on any atom is 0.103 e. The number of ether oxygens (including phenoxy) is 1. The molecule has 0 aliphatic heterocycles. The van der Waals surface area contributed by atoms with E-state index in [1.807, 2.05) is 37.3 Å². The Hall–Kier alpha value is -1.13. The van der Waals surface area contributed by atoms with E-state index in [0.29, 0.717) is 6.61 Å². The lowest BCUT2D eigenvalue weighted by atomic mass is 10.0. The van der Waals surface area contributed by atoms with Gasteiger partial charge in [0.05, 0.1) is 6.61 Å². The molecule has 0 bridgehead atoms. The minimum Gasteiger partial charge on any atom is -0.364 e. The van der Waals surface area contributed by atoms with Crippen molar-refractivity contribution in [2.24, 2.45) is 0 Å². The van der Waals surface area contributed by atoms with Gasteiger partial charge in [-0.1, -0.05) is 55.1 Å². The van der Waals surface area contributed by atoms with Crippen LogP contribution in [0.15, 0.2) is 66.7 Å². The van der Waals surface area contributed by atoms with Crippen molar-refractivity contribution in [3.63, 3.8) is 0 Å². The standard InChI is InChI=1S/C17H17IO/c1-13(2)17(14-8-4-3-5-9-14)19-12-15-10-6-7-11-16(15)18/h3-11,17H,1,12H2,2H3. The van der Waals surface area contributed by atoms with E-state index in [4.69, 9.17) is 4.74 Å². The first kappa shape index (κ1) is 14.3.